The molecule has 0 aliphatic carbocycles. The lowest BCUT2D eigenvalue weighted by Gasteiger charge is -2.40. The van der Waals surface area contributed by atoms with E-state index in [1.807, 2.05) is 24.3 Å². The van der Waals surface area contributed by atoms with Crippen molar-refractivity contribution in [2.75, 3.05) is 26.2 Å². The number of nitrogens with zero attached hydrogens (tertiary/aromatic N) is 3. The summed E-state index contributed by atoms with van der Waals surface area (Å²) in [7, 11) is 0. The van der Waals surface area contributed by atoms with Crippen LogP contribution in [0.5, 0.6) is 5.75 Å². The molecule has 5 heteroatoms. The minimum Gasteiger partial charge on any atom is -0.503 e. The van der Waals surface area contributed by atoms with Gasteiger partial charge in [-0.05, 0) is 23.3 Å². The number of hydrogen-bond acceptors (Lipinski definition) is 4. The first kappa shape index (κ1) is 19.4. The Balaban J connectivity index is 1.51. The molecule has 1 atom stereocenters. The van der Waals surface area contributed by atoms with Crippen molar-refractivity contribution in [3.63, 3.8) is 0 Å². The Hall–Kier alpha value is -2.89. The quantitative estimate of drug-likeness (QED) is 0.704. The van der Waals surface area contributed by atoms with Crippen LogP contribution in [-0.2, 0) is 13.0 Å². The summed E-state index contributed by atoms with van der Waals surface area (Å²) < 4.78 is 1.68. The third kappa shape index (κ3) is 4.75. The molecule has 1 aliphatic rings. The molecule has 0 bridgehead atoms. The number of rotatable bonds is 6. The first-order valence-electron chi connectivity index (χ1n) is 10.1. The van der Waals surface area contributed by atoms with E-state index < -0.39 is 0 Å². The summed E-state index contributed by atoms with van der Waals surface area (Å²) in [6.45, 7) is 4.62. The fraction of sp³-hybridized carbons (Fsp3) is 0.292. The molecule has 5 nitrogen and oxygen atoms in total. The summed E-state index contributed by atoms with van der Waals surface area (Å²) >= 11 is 0. The highest BCUT2D eigenvalue weighted by Gasteiger charge is 2.26. The molecule has 150 valence electrons. The SMILES string of the molecule is O=c1c(O)cccn1C(Cc1ccccc1)N1CCN(Cc2ccccc2)CC1. The fourth-order valence-corrected chi connectivity index (χ4v) is 4.02. The van der Waals surface area contributed by atoms with Gasteiger partial charge in [-0.3, -0.25) is 19.2 Å². The molecule has 1 aromatic heterocycles. The van der Waals surface area contributed by atoms with E-state index >= 15 is 0 Å². The second kappa shape index (κ2) is 9.07. The Kier molecular flexibility index (Phi) is 6.08. The maximum absolute atomic E-state index is 12.6. The van der Waals surface area contributed by atoms with Crippen LogP contribution in [0.25, 0.3) is 0 Å². The zero-order chi connectivity index (χ0) is 20.1. The van der Waals surface area contributed by atoms with Gasteiger partial charge in [0.15, 0.2) is 5.75 Å². The van der Waals surface area contributed by atoms with Gasteiger partial charge in [0.2, 0.25) is 0 Å². The molecule has 1 N–H and O–H groups in total. The Bertz CT molecular complexity index is 964. The van der Waals surface area contributed by atoms with Gasteiger partial charge in [0.25, 0.3) is 5.56 Å². The second-order valence-corrected chi connectivity index (χ2v) is 7.57. The number of hydrogen-bond donors (Lipinski definition) is 1. The van der Waals surface area contributed by atoms with Gasteiger partial charge >= 0.3 is 0 Å². The average molecular weight is 389 g/mol. The highest BCUT2D eigenvalue weighted by atomic mass is 16.3. The molecule has 0 saturated carbocycles. The Labute approximate surface area is 171 Å². The van der Waals surface area contributed by atoms with Crippen LogP contribution in [0.15, 0.2) is 83.8 Å². The Morgan fingerprint density at radius 3 is 2.07 bits per heavy atom. The van der Waals surface area contributed by atoms with Crippen LogP contribution < -0.4 is 5.56 Å². The second-order valence-electron chi connectivity index (χ2n) is 7.57. The van der Waals surface area contributed by atoms with Crippen molar-refractivity contribution >= 4 is 0 Å². The van der Waals surface area contributed by atoms with Crippen molar-refractivity contribution in [2.45, 2.75) is 19.1 Å². The molecular weight excluding hydrogens is 362 g/mol. The first-order chi connectivity index (χ1) is 14.2. The van der Waals surface area contributed by atoms with Crippen molar-refractivity contribution in [3.8, 4) is 5.75 Å². The summed E-state index contributed by atoms with van der Waals surface area (Å²) in [6.07, 6.45) is 2.39. The normalized spacial score (nSPS) is 16.6. The Morgan fingerprint density at radius 2 is 1.41 bits per heavy atom. The van der Waals surface area contributed by atoms with Gasteiger partial charge in [-0.2, -0.15) is 0 Å². The van der Waals surface area contributed by atoms with Crippen LogP contribution in [0.2, 0.25) is 0 Å². The van der Waals surface area contributed by atoms with E-state index in [-0.39, 0.29) is 17.5 Å². The molecule has 2 heterocycles. The fourth-order valence-electron chi connectivity index (χ4n) is 4.02. The van der Waals surface area contributed by atoms with E-state index in [0.29, 0.717) is 0 Å². The predicted molar refractivity (Wildman–Crippen MR) is 115 cm³/mol. The van der Waals surface area contributed by atoms with Gasteiger partial charge < -0.3 is 5.11 Å². The molecule has 3 aromatic rings. The summed E-state index contributed by atoms with van der Waals surface area (Å²) in [5.41, 5.74) is 2.17. The molecule has 2 aromatic carbocycles. The number of piperazine rings is 1. The molecule has 0 radical (unpaired) electrons. The third-order valence-electron chi connectivity index (χ3n) is 5.61. The average Bonchev–Trinajstić information content (AvgIpc) is 2.76. The first-order valence-corrected chi connectivity index (χ1v) is 10.1. The van der Waals surface area contributed by atoms with Crippen molar-refractivity contribution < 1.29 is 5.11 Å². The third-order valence-corrected chi connectivity index (χ3v) is 5.61. The lowest BCUT2D eigenvalue weighted by Crippen LogP contribution is -2.50. The van der Waals surface area contributed by atoms with E-state index in [1.165, 1.54) is 17.2 Å². The molecule has 1 unspecified atom stereocenters. The van der Waals surface area contributed by atoms with Crippen LogP contribution in [0.4, 0.5) is 0 Å². The largest absolute Gasteiger partial charge is 0.503 e. The van der Waals surface area contributed by atoms with E-state index in [1.54, 1.807) is 16.8 Å². The smallest absolute Gasteiger partial charge is 0.293 e. The van der Waals surface area contributed by atoms with Crippen LogP contribution in [0.3, 0.4) is 0 Å². The maximum Gasteiger partial charge on any atom is 0.293 e. The molecule has 4 rings (SSSR count). The van der Waals surface area contributed by atoms with Gasteiger partial charge in [-0.25, -0.2) is 0 Å². The summed E-state index contributed by atoms with van der Waals surface area (Å²) in [6, 6.07) is 23.9. The maximum atomic E-state index is 12.6. The lowest BCUT2D eigenvalue weighted by molar-refractivity contribution is 0.0593. The van der Waals surface area contributed by atoms with Crippen LogP contribution in [0.1, 0.15) is 17.3 Å². The number of aromatic nitrogens is 1. The lowest BCUT2D eigenvalue weighted by atomic mass is 10.1. The topological polar surface area (TPSA) is 48.7 Å². The van der Waals surface area contributed by atoms with Gasteiger partial charge in [-0.15, -0.1) is 0 Å². The summed E-state index contributed by atoms with van der Waals surface area (Å²) in [4.78, 5) is 17.4. The minimum absolute atomic E-state index is 0.115. The highest BCUT2D eigenvalue weighted by Crippen LogP contribution is 2.21. The zero-order valence-electron chi connectivity index (χ0n) is 16.5. The van der Waals surface area contributed by atoms with Gasteiger partial charge in [-0.1, -0.05) is 60.7 Å². The van der Waals surface area contributed by atoms with Crippen LogP contribution in [-0.4, -0.2) is 45.7 Å². The Morgan fingerprint density at radius 1 is 0.793 bits per heavy atom. The zero-order valence-corrected chi connectivity index (χ0v) is 16.5. The summed E-state index contributed by atoms with van der Waals surface area (Å²) in [5, 5.41) is 9.96. The molecular formula is C24H27N3O2. The van der Waals surface area contributed by atoms with Crippen molar-refractivity contribution in [1.82, 2.24) is 14.4 Å². The standard InChI is InChI=1S/C24H27N3O2/c28-22-12-7-13-27(24(22)29)23(18-20-8-3-1-4-9-20)26-16-14-25(15-17-26)19-21-10-5-2-6-11-21/h1-13,23,28H,14-19H2. The van der Waals surface area contributed by atoms with E-state index in [4.69, 9.17) is 0 Å². The van der Waals surface area contributed by atoms with Gasteiger partial charge in [0.05, 0.1) is 6.17 Å². The minimum atomic E-state index is -0.333. The van der Waals surface area contributed by atoms with E-state index in [2.05, 4.69) is 46.2 Å². The van der Waals surface area contributed by atoms with E-state index in [0.717, 1.165) is 39.1 Å². The molecule has 1 saturated heterocycles. The molecule has 0 spiro atoms. The number of aromatic hydroxyl groups is 1. The van der Waals surface area contributed by atoms with Crippen molar-refractivity contribution in [3.05, 3.63) is 100 Å². The molecule has 1 aliphatic heterocycles. The van der Waals surface area contributed by atoms with Gasteiger partial charge in [0, 0.05) is 45.3 Å². The molecule has 29 heavy (non-hydrogen) atoms. The van der Waals surface area contributed by atoms with Gasteiger partial charge in [0.1, 0.15) is 0 Å². The highest BCUT2D eigenvalue weighted by molar-refractivity contribution is 5.19. The van der Waals surface area contributed by atoms with Crippen molar-refractivity contribution in [1.29, 1.82) is 0 Å². The summed E-state index contributed by atoms with van der Waals surface area (Å²) in [5.74, 6) is -0.201. The van der Waals surface area contributed by atoms with Crippen molar-refractivity contribution in [2.24, 2.45) is 0 Å². The number of pyridine rings is 1. The number of benzene rings is 2. The van der Waals surface area contributed by atoms with Crippen LogP contribution in [0, 0.1) is 0 Å². The monoisotopic (exact) mass is 389 g/mol. The predicted octanol–water partition coefficient (Wildman–Crippen LogP) is 3.11. The molecule has 0 amide bonds. The van der Waals surface area contributed by atoms with E-state index in [9.17, 15) is 9.90 Å². The molecule has 1 fully saturated rings. The van der Waals surface area contributed by atoms with Crippen LogP contribution >= 0.6 is 0 Å².